The lowest BCUT2D eigenvalue weighted by Crippen LogP contribution is -1.68. The first kappa shape index (κ1) is 6.00. The summed E-state index contributed by atoms with van der Waals surface area (Å²) in [4.78, 5) is 4.93. The van der Waals surface area contributed by atoms with Gasteiger partial charge in [-0.15, -0.1) is 11.3 Å². The molecular formula is C6H3NOS2. The molecule has 2 aromatic rings. The highest BCUT2D eigenvalue weighted by Gasteiger charge is 1.96. The molecular weight excluding hydrogens is 166 g/mol. The highest BCUT2D eigenvalue weighted by atomic mass is 32.1. The molecule has 0 N–H and O–H groups in total. The molecule has 0 atom stereocenters. The molecule has 0 fully saturated rings. The minimum absolute atomic E-state index is 0.520. The maximum Gasteiger partial charge on any atom is 0.202 e. The average molecular weight is 169 g/mol. The van der Waals surface area contributed by atoms with Crippen molar-refractivity contribution in [2.45, 2.75) is 0 Å². The molecule has 0 radical (unpaired) electrons. The van der Waals surface area contributed by atoms with Crippen LogP contribution in [0, 0.1) is 4.71 Å². The van der Waals surface area contributed by atoms with E-state index in [-0.39, 0.29) is 0 Å². The minimum atomic E-state index is 0.520. The normalized spacial score (nSPS) is 10.4. The Morgan fingerprint density at radius 3 is 3.30 bits per heavy atom. The molecule has 0 aromatic carbocycles. The summed E-state index contributed by atoms with van der Waals surface area (Å²) in [6.07, 6.45) is 1.38. The summed E-state index contributed by atoms with van der Waals surface area (Å²) >= 11 is 6.47. The monoisotopic (exact) mass is 169 g/mol. The van der Waals surface area contributed by atoms with Crippen molar-refractivity contribution in [3.8, 4) is 0 Å². The molecule has 0 bridgehead atoms. The van der Waals surface area contributed by atoms with Crippen molar-refractivity contribution in [1.82, 2.24) is 4.98 Å². The van der Waals surface area contributed by atoms with Gasteiger partial charge >= 0.3 is 0 Å². The maximum atomic E-state index is 4.91. The van der Waals surface area contributed by atoms with Crippen LogP contribution in [0.5, 0.6) is 0 Å². The fourth-order valence-corrected chi connectivity index (χ4v) is 1.74. The van der Waals surface area contributed by atoms with Gasteiger partial charge in [-0.3, -0.25) is 0 Å². The fraction of sp³-hybridized carbons (Fsp3) is 0. The van der Waals surface area contributed by atoms with E-state index in [4.69, 9.17) is 16.6 Å². The molecule has 4 heteroatoms. The van der Waals surface area contributed by atoms with Crippen LogP contribution in [0.4, 0.5) is 0 Å². The van der Waals surface area contributed by atoms with Gasteiger partial charge in [0.25, 0.3) is 0 Å². The third kappa shape index (κ3) is 0.767. The third-order valence-corrected chi connectivity index (χ3v) is 2.33. The smallest absolute Gasteiger partial charge is 0.202 e. The zero-order valence-electron chi connectivity index (χ0n) is 4.90. The van der Waals surface area contributed by atoms with Gasteiger partial charge in [0.1, 0.15) is 4.83 Å². The second-order valence-electron chi connectivity index (χ2n) is 1.78. The van der Waals surface area contributed by atoms with Crippen LogP contribution in [0.25, 0.3) is 10.2 Å². The predicted octanol–water partition coefficient (Wildman–Crippen LogP) is 2.62. The van der Waals surface area contributed by atoms with E-state index in [1.165, 1.54) is 6.39 Å². The van der Waals surface area contributed by atoms with Crippen molar-refractivity contribution in [2.75, 3.05) is 0 Å². The van der Waals surface area contributed by atoms with Crippen molar-refractivity contribution >= 4 is 33.8 Å². The molecule has 2 heterocycles. The number of hydrogen-bond donors (Lipinski definition) is 0. The molecule has 0 aliphatic rings. The molecule has 50 valence electrons. The number of nitrogens with zero attached hydrogens (tertiary/aromatic N) is 1. The molecule has 0 amide bonds. The van der Waals surface area contributed by atoms with E-state index < -0.39 is 0 Å². The van der Waals surface area contributed by atoms with Gasteiger partial charge in [0, 0.05) is 0 Å². The largest absolute Gasteiger partial charge is 0.433 e. The van der Waals surface area contributed by atoms with Gasteiger partial charge in [0.2, 0.25) is 4.71 Å². The van der Waals surface area contributed by atoms with Gasteiger partial charge in [0.15, 0.2) is 6.39 Å². The van der Waals surface area contributed by atoms with Crippen molar-refractivity contribution in [2.24, 2.45) is 0 Å². The van der Waals surface area contributed by atoms with Gasteiger partial charge in [-0.05, 0) is 23.7 Å². The molecule has 2 nitrogen and oxygen atoms in total. The van der Waals surface area contributed by atoms with E-state index in [0.29, 0.717) is 4.71 Å². The molecule has 0 saturated carbocycles. The summed E-state index contributed by atoms with van der Waals surface area (Å²) < 4.78 is 5.43. The summed E-state index contributed by atoms with van der Waals surface area (Å²) in [6.45, 7) is 0. The van der Waals surface area contributed by atoms with Gasteiger partial charge in [-0.1, -0.05) is 0 Å². The first-order valence-corrected chi connectivity index (χ1v) is 3.98. The molecule has 2 aromatic heterocycles. The molecule has 0 unspecified atom stereocenters. The lowest BCUT2D eigenvalue weighted by molar-refractivity contribution is 0.523. The van der Waals surface area contributed by atoms with Gasteiger partial charge in [0.05, 0.1) is 5.39 Å². The molecule has 0 aliphatic heterocycles. The van der Waals surface area contributed by atoms with Crippen LogP contribution in [-0.4, -0.2) is 4.98 Å². The lowest BCUT2D eigenvalue weighted by atomic mass is 10.4. The van der Waals surface area contributed by atoms with Gasteiger partial charge in [-0.2, -0.15) is 0 Å². The van der Waals surface area contributed by atoms with E-state index in [2.05, 4.69) is 4.98 Å². The molecule has 0 saturated heterocycles. The number of hydrogen-bond acceptors (Lipinski definition) is 4. The quantitative estimate of drug-likeness (QED) is 0.567. The highest BCUT2D eigenvalue weighted by Crippen LogP contribution is 2.18. The standard InChI is InChI=1S/C6H3NOS2/c9-6-4-1-2-10-5(4)7-3-8-6/h1-3H. The number of rotatable bonds is 0. The van der Waals surface area contributed by atoms with E-state index in [1.807, 2.05) is 11.4 Å². The van der Waals surface area contributed by atoms with Crippen LogP contribution in [-0.2, 0) is 0 Å². The first-order chi connectivity index (χ1) is 4.88. The summed E-state index contributed by atoms with van der Waals surface area (Å²) in [6, 6.07) is 1.92. The van der Waals surface area contributed by atoms with E-state index >= 15 is 0 Å². The van der Waals surface area contributed by atoms with Crippen molar-refractivity contribution in [3.63, 3.8) is 0 Å². The van der Waals surface area contributed by atoms with Crippen LogP contribution in [0.3, 0.4) is 0 Å². The zero-order chi connectivity index (χ0) is 6.97. The van der Waals surface area contributed by atoms with E-state index in [9.17, 15) is 0 Å². The van der Waals surface area contributed by atoms with E-state index in [0.717, 1.165) is 10.2 Å². The van der Waals surface area contributed by atoms with E-state index in [1.54, 1.807) is 11.3 Å². The summed E-state index contributed by atoms with van der Waals surface area (Å²) in [5.41, 5.74) is 0. The third-order valence-electron chi connectivity index (χ3n) is 1.19. The maximum absolute atomic E-state index is 4.91. The van der Waals surface area contributed by atoms with Crippen LogP contribution in [0.2, 0.25) is 0 Å². The highest BCUT2D eigenvalue weighted by molar-refractivity contribution is 7.71. The topological polar surface area (TPSA) is 26.0 Å². The summed E-state index contributed by atoms with van der Waals surface area (Å²) in [5.74, 6) is 0. The number of fused-ring (bicyclic) bond motifs is 1. The minimum Gasteiger partial charge on any atom is -0.433 e. The summed E-state index contributed by atoms with van der Waals surface area (Å²) in [7, 11) is 0. The Morgan fingerprint density at radius 2 is 2.50 bits per heavy atom. The lowest BCUT2D eigenvalue weighted by Gasteiger charge is -1.83. The average Bonchev–Trinajstić information content (AvgIpc) is 2.36. The van der Waals surface area contributed by atoms with Gasteiger partial charge < -0.3 is 4.42 Å². The Bertz CT molecular complexity index is 403. The molecule has 0 spiro atoms. The Labute approximate surface area is 66.1 Å². The van der Waals surface area contributed by atoms with Crippen LogP contribution < -0.4 is 0 Å². The van der Waals surface area contributed by atoms with Gasteiger partial charge in [-0.25, -0.2) is 4.98 Å². The Hall–Kier alpha value is -0.740. The van der Waals surface area contributed by atoms with Crippen molar-refractivity contribution in [1.29, 1.82) is 0 Å². The first-order valence-electron chi connectivity index (χ1n) is 2.69. The van der Waals surface area contributed by atoms with Crippen LogP contribution in [0.1, 0.15) is 0 Å². The second-order valence-corrected chi connectivity index (χ2v) is 3.04. The van der Waals surface area contributed by atoms with Crippen LogP contribution in [0.15, 0.2) is 22.3 Å². The summed E-state index contributed by atoms with van der Waals surface area (Å²) in [5, 5.41) is 2.88. The van der Waals surface area contributed by atoms with Crippen LogP contribution >= 0.6 is 23.6 Å². The molecule has 2 rings (SSSR count). The molecule has 10 heavy (non-hydrogen) atoms. The van der Waals surface area contributed by atoms with Crippen molar-refractivity contribution in [3.05, 3.63) is 22.5 Å². The number of thiophene rings is 1. The fourth-order valence-electron chi connectivity index (χ4n) is 0.742. The molecule has 0 aliphatic carbocycles. The Kier molecular flexibility index (Phi) is 1.28. The second kappa shape index (κ2) is 2.14. The van der Waals surface area contributed by atoms with Crippen molar-refractivity contribution < 1.29 is 4.42 Å². The number of aromatic nitrogens is 1. The Balaban J connectivity index is 3.09. The predicted molar refractivity (Wildman–Crippen MR) is 42.7 cm³/mol. The zero-order valence-corrected chi connectivity index (χ0v) is 6.54. The SMILES string of the molecule is S=c1ocnc2sccc12. The Morgan fingerprint density at radius 1 is 1.60 bits per heavy atom.